The largest absolute Gasteiger partial charge is 0.497 e. The number of nitrogens with zero attached hydrogens (tertiary/aromatic N) is 2. The van der Waals surface area contributed by atoms with Crippen molar-refractivity contribution < 1.29 is 4.74 Å². The van der Waals surface area contributed by atoms with Crippen molar-refractivity contribution in [1.82, 2.24) is 9.97 Å². The Morgan fingerprint density at radius 2 is 2.11 bits per heavy atom. The minimum Gasteiger partial charge on any atom is -0.497 e. The Labute approximate surface area is 116 Å². The van der Waals surface area contributed by atoms with Gasteiger partial charge in [-0.3, -0.25) is 0 Å². The van der Waals surface area contributed by atoms with Crippen molar-refractivity contribution >= 4 is 17.4 Å². The van der Waals surface area contributed by atoms with Gasteiger partial charge in [0.15, 0.2) is 0 Å². The topological polar surface area (TPSA) is 47.0 Å². The van der Waals surface area contributed by atoms with Crippen molar-refractivity contribution in [3.63, 3.8) is 0 Å². The summed E-state index contributed by atoms with van der Waals surface area (Å²) in [6, 6.07) is 8.05. The van der Waals surface area contributed by atoms with Crippen LogP contribution in [0, 0.1) is 0 Å². The molecule has 19 heavy (non-hydrogen) atoms. The molecule has 1 aliphatic carbocycles. The van der Waals surface area contributed by atoms with Crippen LogP contribution < -0.4 is 10.1 Å². The molecule has 1 aromatic heterocycles. The molecule has 0 amide bonds. The average molecular weight is 276 g/mol. The maximum Gasteiger partial charge on any atom is 0.130 e. The first-order valence-corrected chi connectivity index (χ1v) is 6.56. The van der Waals surface area contributed by atoms with Gasteiger partial charge in [0, 0.05) is 17.7 Å². The molecule has 0 saturated heterocycles. The van der Waals surface area contributed by atoms with Crippen LogP contribution in [-0.4, -0.2) is 23.1 Å². The summed E-state index contributed by atoms with van der Waals surface area (Å²) in [6.07, 6.45) is 3.98. The highest BCUT2D eigenvalue weighted by Gasteiger charge is 2.21. The summed E-state index contributed by atoms with van der Waals surface area (Å²) < 4.78 is 5.14. The Morgan fingerprint density at radius 3 is 2.79 bits per heavy atom. The average Bonchev–Trinajstić information content (AvgIpc) is 3.23. The third-order valence-electron chi connectivity index (χ3n) is 3.05. The van der Waals surface area contributed by atoms with Gasteiger partial charge in [0.25, 0.3) is 0 Å². The molecule has 0 bridgehead atoms. The van der Waals surface area contributed by atoms with Crippen molar-refractivity contribution in [2.24, 2.45) is 0 Å². The van der Waals surface area contributed by atoms with Crippen LogP contribution in [0.3, 0.4) is 0 Å². The number of halogens is 1. The first-order chi connectivity index (χ1) is 9.26. The van der Waals surface area contributed by atoms with E-state index in [1.165, 1.54) is 12.8 Å². The molecule has 5 heteroatoms. The van der Waals surface area contributed by atoms with Crippen molar-refractivity contribution in [2.75, 3.05) is 12.4 Å². The lowest BCUT2D eigenvalue weighted by atomic mass is 10.1. The van der Waals surface area contributed by atoms with Crippen LogP contribution in [0.5, 0.6) is 5.75 Å². The molecule has 3 rings (SSSR count). The number of hydrogen-bond acceptors (Lipinski definition) is 4. The van der Waals surface area contributed by atoms with Crippen LogP contribution in [0.4, 0.5) is 5.82 Å². The van der Waals surface area contributed by atoms with E-state index in [0.29, 0.717) is 11.1 Å². The summed E-state index contributed by atoms with van der Waals surface area (Å²) in [4.78, 5) is 8.50. The van der Waals surface area contributed by atoms with Gasteiger partial charge in [-0.2, -0.15) is 0 Å². The second-order valence-corrected chi connectivity index (χ2v) is 4.96. The summed E-state index contributed by atoms with van der Waals surface area (Å²) in [7, 11) is 1.62. The molecule has 4 nitrogen and oxygen atoms in total. The van der Waals surface area contributed by atoms with Gasteiger partial charge in [-0.15, -0.1) is 0 Å². The van der Waals surface area contributed by atoms with E-state index in [1.807, 2.05) is 18.2 Å². The van der Waals surface area contributed by atoms with Crippen LogP contribution >= 0.6 is 11.6 Å². The second kappa shape index (κ2) is 5.05. The van der Waals surface area contributed by atoms with Gasteiger partial charge in [0.1, 0.15) is 17.9 Å². The summed E-state index contributed by atoms with van der Waals surface area (Å²) in [5, 5.41) is 3.97. The van der Waals surface area contributed by atoms with Crippen molar-refractivity contribution in [1.29, 1.82) is 0 Å². The fourth-order valence-corrected chi connectivity index (χ4v) is 2.12. The third kappa shape index (κ3) is 2.79. The zero-order valence-electron chi connectivity index (χ0n) is 10.6. The van der Waals surface area contributed by atoms with Crippen LogP contribution in [-0.2, 0) is 0 Å². The van der Waals surface area contributed by atoms with Gasteiger partial charge < -0.3 is 10.1 Å². The Bertz CT molecular complexity index is 599. The van der Waals surface area contributed by atoms with Gasteiger partial charge >= 0.3 is 0 Å². The lowest BCUT2D eigenvalue weighted by Gasteiger charge is -2.08. The van der Waals surface area contributed by atoms with Crippen LogP contribution in [0.2, 0.25) is 5.02 Å². The molecule has 98 valence electrons. The van der Waals surface area contributed by atoms with Crippen molar-refractivity contribution in [3.8, 4) is 17.0 Å². The molecule has 1 aromatic carbocycles. The van der Waals surface area contributed by atoms with E-state index < -0.39 is 0 Å². The Kier molecular flexibility index (Phi) is 3.25. The maximum atomic E-state index is 6.25. The molecule has 1 N–H and O–H groups in total. The minimum absolute atomic E-state index is 0.564. The minimum atomic E-state index is 0.564. The number of aromatic nitrogens is 2. The van der Waals surface area contributed by atoms with Gasteiger partial charge in [0.2, 0.25) is 0 Å². The Morgan fingerprint density at radius 1 is 1.26 bits per heavy atom. The molecule has 0 aliphatic heterocycles. The molecule has 0 spiro atoms. The highest BCUT2D eigenvalue weighted by molar-refractivity contribution is 6.33. The van der Waals surface area contributed by atoms with Crippen LogP contribution in [0.15, 0.2) is 30.6 Å². The highest BCUT2D eigenvalue weighted by atomic mass is 35.5. The van der Waals surface area contributed by atoms with Gasteiger partial charge in [0.05, 0.1) is 17.8 Å². The van der Waals surface area contributed by atoms with E-state index in [-0.39, 0.29) is 0 Å². The first kappa shape index (κ1) is 12.2. The summed E-state index contributed by atoms with van der Waals surface area (Å²) >= 11 is 6.25. The number of nitrogens with one attached hydrogen (secondary N) is 1. The lowest BCUT2D eigenvalue weighted by Crippen LogP contribution is -2.03. The number of anilines is 1. The lowest BCUT2D eigenvalue weighted by molar-refractivity contribution is 0.415. The smallest absolute Gasteiger partial charge is 0.130 e. The van der Waals surface area contributed by atoms with E-state index >= 15 is 0 Å². The fourth-order valence-electron chi connectivity index (χ4n) is 1.85. The summed E-state index contributed by atoms with van der Waals surface area (Å²) in [5.74, 6) is 1.58. The number of hydrogen-bond donors (Lipinski definition) is 1. The third-order valence-corrected chi connectivity index (χ3v) is 3.36. The quantitative estimate of drug-likeness (QED) is 0.929. The molecule has 1 heterocycles. The molecule has 0 atom stereocenters. The predicted octanol–water partition coefficient (Wildman–Crippen LogP) is 3.38. The van der Waals surface area contributed by atoms with E-state index in [0.717, 1.165) is 22.8 Å². The molecule has 2 aromatic rings. The first-order valence-electron chi connectivity index (χ1n) is 6.19. The summed E-state index contributed by atoms with van der Waals surface area (Å²) in [6.45, 7) is 0. The molecular weight excluding hydrogens is 262 g/mol. The molecule has 1 saturated carbocycles. The number of ether oxygens (including phenoxy) is 1. The fraction of sp³-hybridized carbons (Fsp3) is 0.286. The Hall–Kier alpha value is -1.81. The zero-order valence-corrected chi connectivity index (χ0v) is 11.3. The second-order valence-electron chi connectivity index (χ2n) is 4.55. The SMILES string of the molecule is COc1ccc(-c2cc(NC3CC3)ncn2)c(Cl)c1. The maximum absolute atomic E-state index is 6.25. The van der Waals surface area contributed by atoms with Crippen molar-refractivity contribution in [2.45, 2.75) is 18.9 Å². The van der Waals surface area contributed by atoms with Gasteiger partial charge in [-0.1, -0.05) is 11.6 Å². The van der Waals surface area contributed by atoms with Gasteiger partial charge in [-0.25, -0.2) is 9.97 Å². The van der Waals surface area contributed by atoms with Crippen LogP contribution in [0.1, 0.15) is 12.8 Å². The zero-order chi connectivity index (χ0) is 13.2. The monoisotopic (exact) mass is 275 g/mol. The van der Waals surface area contributed by atoms with Crippen molar-refractivity contribution in [3.05, 3.63) is 35.6 Å². The number of methoxy groups -OCH3 is 1. The number of benzene rings is 1. The standard InChI is InChI=1S/C14H14ClN3O/c1-19-10-4-5-11(12(15)6-10)13-7-14(17-8-16-13)18-9-2-3-9/h4-9H,2-3H2,1H3,(H,16,17,18). The van der Waals surface area contributed by atoms with E-state index in [1.54, 1.807) is 19.5 Å². The molecule has 1 aliphatic rings. The normalized spacial score (nSPS) is 14.2. The molecule has 0 radical (unpaired) electrons. The van der Waals surface area contributed by atoms with E-state index in [4.69, 9.17) is 16.3 Å². The molecule has 0 unspecified atom stereocenters. The summed E-state index contributed by atoms with van der Waals surface area (Å²) in [5.41, 5.74) is 1.69. The Balaban J connectivity index is 1.92. The van der Waals surface area contributed by atoms with Gasteiger partial charge in [-0.05, 0) is 31.0 Å². The number of rotatable bonds is 4. The molecule has 1 fully saturated rings. The predicted molar refractivity (Wildman–Crippen MR) is 75.7 cm³/mol. The van der Waals surface area contributed by atoms with E-state index in [2.05, 4.69) is 15.3 Å². The highest BCUT2D eigenvalue weighted by Crippen LogP contribution is 2.31. The van der Waals surface area contributed by atoms with E-state index in [9.17, 15) is 0 Å². The van der Waals surface area contributed by atoms with Crippen LogP contribution in [0.25, 0.3) is 11.3 Å². The molecular formula is C14H14ClN3O.